The van der Waals surface area contributed by atoms with Crippen molar-refractivity contribution in [2.45, 2.75) is 124 Å². The van der Waals surface area contributed by atoms with Crippen LogP contribution in [-0.2, 0) is 43.2 Å². The maximum Gasteiger partial charge on any atom is 0.324 e. The lowest BCUT2D eigenvalue weighted by atomic mass is 9.84. The number of benzene rings is 1. The quantitative estimate of drug-likeness (QED) is 0.173. The van der Waals surface area contributed by atoms with Gasteiger partial charge in [0.1, 0.15) is 18.1 Å². The fraction of sp³-hybridized carbons (Fsp3) is 0.583. The van der Waals surface area contributed by atoms with Gasteiger partial charge in [-0.25, -0.2) is 15.2 Å². The van der Waals surface area contributed by atoms with Gasteiger partial charge in [0.25, 0.3) is 5.91 Å². The van der Waals surface area contributed by atoms with Crippen molar-refractivity contribution in [1.82, 2.24) is 45.0 Å². The maximum absolute atomic E-state index is 14.6. The fourth-order valence-electron chi connectivity index (χ4n) is 9.38. The third-order valence-electron chi connectivity index (χ3n) is 13.3. The number of methoxy groups -OCH3 is 1. The Morgan fingerprint density at radius 3 is 2.55 bits per heavy atom. The molecule has 0 saturated carbocycles. The largest absolute Gasteiger partial charge is 0.464 e. The van der Waals surface area contributed by atoms with Crippen LogP contribution in [0.25, 0.3) is 33.4 Å². The lowest BCUT2D eigenvalue weighted by Gasteiger charge is -2.47. The van der Waals surface area contributed by atoms with E-state index in [4.69, 9.17) is 19.4 Å². The van der Waals surface area contributed by atoms with Crippen molar-refractivity contribution in [3.63, 3.8) is 0 Å². The van der Waals surface area contributed by atoms with E-state index in [1.807, 2.05) is 32.2 Å². The molecular weight excluding hydrogens is 831 g/mol. The van der Waals surface area contributed by atoms with Crippen molar-refractivity contribution in [3.05, 3.63) is 58.2 Å². The summed E-state index contributed by atoms with van der Waals surface area (Å²) in [6.45, 7) is 18.8. The van der Waals surface area contributed by atoms with Gasteiger partial charge >= 0.3 is 12.0 Å². The maximum atomic E-state index is 14.6. The SMILES string of the molecule is CCn1c(-c2cccnc2[C@H](C)OC)c2c3cc(ccc31)-c1csc(n1)C[C@H](NC(=O)[C@H](C(C)C)N(C)C(=O)N1CC(N(C)C(C)C)C1)C(=O)N1CCC[C@H](N1)C(=O)OCC(C)(C)C2. The summed E-state index contributed by atoms with van der Waals surface area (Å²) in [5.41, 5.74) is 9.40. The number of nitrogens with one attached hydrogen (secondary N) is 2. The second-order valence-electron chi connectivity index (χ2n) is 19.2. The first-order valence-electron chi connectivity index (χ1n) is 22.8. The molecule has 15 nitrogen and oxygen atoms in total. The molecule has 2 N–H and O–H groups in total. The van der Waals surface area contributed by atoms with Gasteiger partial charge in [0.05, 0.1) is 34.8 Å². The molecule has 0 unspecified atom stereocenters. The van der Waals surface area contributed by atoms with Crippen LogP contribution in [-0.4, -0.2) is 136 Å². The molecule has 4 atom stereocenters. The summed E-state index contributed by atoms with van der Waals surface area (Å²) in [6.07, 6.45) is 3.30. The molecule has 2 saturated heterocycles. The Bertz CT molecular complexity index is 2350. The van der Waals surface area contributed by atoms with Crippen molar-refractivity contribution < 1.29 is 28.7 Å². The Hall–Kier alpha value is -4.90. The van der Waals surface area contributed by atoms with Crippen LogP contribution in [0, 0.1) is 11.3 Å². The highest BCUT2D eigenvalue weighted by Crippen LogP contribution is 2.42. The van der Waals surface area contributed by atoms with Crippen molar-refractivity contribution in [3.8, 4) is 22.5 Å². The van der Waals surface area contributed by atoms with Gasteiger partial charge in [-0.05, 0) is 89.8 Å². The van der Waals surface area contributed by atoms with Gasteiger partial charge in [-0.2, -0.15) is 0 Å². The van der Waals surface area contributed by atoms with E-state index >= 15 is 0 Å². The number of aromatic nitrogens is 3. The van der Waals surface area contributed by atoms with Crippen LogP contribution in [0.15, 0.2) is 41.9 Å². The zero-order valence-corrected chi connectivity index (χ0v) is 40.3. The number of hydrazine groups is 1. The first kappa shape index (κ1) is 47.1. The predicted molar refractivity (Wildman–Crippen MR) is 249 cm³/mol. The van der Waals surface area contributed by atoms with Gasteiger partial charge in [0.15, 0.2) is 0 Å². The topological polar surface area (TPSA) is 154 Å². The molecule has 3 aromatic heterocycles. The number of amides is 4. The number of pyridine rings is 1. The minimum atomic E-state index is -1.04. The van der Waals surface area contributed by atoms with Crippen LogP contribution in [0.4, 0.5) is 4.79 Å². The Balaban J connectivity index is 1.26. The number of ether oxygens (including phenoxy) is 2. The smallest absolute Gasteiger partial charge is 0.324 e. The highest BCUT2D eigenvalue weighted by atomic mass is 32.1. The van der Waals surface area contributed by atoms with Crippen molar-refractivity contribution in [2.75, 3.05) is 47.4 Å². The second kappa shape index (κ2) is 19.3. The highest BCUT2D eigenvalue weighted by molar-refractivity contribution is 7.10. The Morgan fingerprint density at radius 1 is 1.11 bits per heavy atom. The van der Waals surface area contributed by atoms with Gasteiger partial charge in [0, 0.05) is 97.9 Å². The van der Waals surface area contributed by atoms with Crippen molar-refractivity contribution in [2.24, 2.45) is 11.3 Å². The zero-order chi connectivity index (χ0) is 46.2. The number of cyclic esters (lactones) is 1. The van der Waals surface area contributed by atoms with Crippen LogP contribution < -0.4 is 10.7 Å². The van der Waals surface area contributed by atoms with Crippen LogP contribution in [0.3, 0.4) is 0 Å². The molecule has 1 aromatic carbocycles. The molecule has 0 aliphatic carbocycles. The number of fused-ring (bicyclic) bond motifs is 6. The highest BCUT2D eigenvalue weighted by Gasteiger charge is 2.41. The van der Waals surface area contributed by atoms with Gasteiger partial charge < -0.3 is 29.2 Å². The Kier molecular flexibility index (Phi) is 14.2. The number of likely N-dealkylation sites (N-methyl/N-ethyl adjacent to an activating group) is 2. The van der Waals surface area contributed by atoms with Gasteiger partial charge in [-0.3, -0.25) is 29.3 Å². The lowest BCUT2D eigenvalue weighted by Crippen LogP contribution is -2.66. The Labute approximate surface area is 381 Å². The number of aryl methyl sites for hydroxylation is 1. The monoisotopic (exact) mass is 897 g/mol. The number of likely N-dealkylation sites (tertiary alicyclic amines) is 1. The number of nitrogens with zero attached hydrogens (tertiary/aromatic N) is 7. The first-order valence-corrected chi connectivity index (χ1v) is 23.7. The van der Waals surface area contributed by atoms with E-state index in [-0.39, 0.29) is 43.0 Å². The molecule has 4 amide bonds. The molecule has 64 heavy (non-hydrogen) atoms. The molecule has 4 aromatic rings. The Morgan fingerprint density at radius 2 is 1.86 bits per heavy atom. The van der Waals surface area contributed by atoms with Crippen LogP contribution in [0.2, 0.25) is 0 Å². The van der Waals surface area contributed by atoms with E-state index < -0.39 is 35.4 Å². The minimum Gasteiger partial charge on any atom is -0.464 e. The van der Waals surface area contributed by atoms with E-state index in [9.17, 15) is 19.2 Å². The van der Waals surface area contributed by atoms with Crippen LogP contribution in [0.5, 0.6) is 0 Å². The fourth-order valence-corrected chi connectivity index (χ4v) is 10.2. The number of esters is 1. The number of hydrogen-bond acceptors (Lipinski definition) is 11. The zero-order valence-electron chi connectivity index (χ0n) is 39.4. The van der Waals surface area contributed by atoms with Crippen LogP contribution >= 0.6 is 11.3 Å². The normalized spacial score (nSPS) is 20.6. The number of carbonyl (C=O) groups is 4. The molecule has 7 rings (SSSR count). The van der Waals surface area contributed by atoms with E-state index in [0.717, 1.165) is 44.7 Å². The van der Waals surface area contributed by atoms with Crippen molar-refractivity contribution >= 4 is 46.1 Å². The standard InChI is InChI=1S/C48H67N9O6S/c1-12-56-39-18-17-31-21-34(39)35(43(56)33-15-13-19-49-41(33)30(6)62-11)23-48(7,8)27-63-46(60)36-16-14-20-57(52-36)45(59)37(22-40-50-38(31)26-64-40)51-44(58)42(28(2)3)54(10)47(61)55-24-32(25-55)53(9)29(4)5/h13,15,17-19,21,26,28-30,32,36-37,42,52H,12,14,16,20,22-25,27H2,1-11H3,(H,51,58)/t30-,36-,37-,42-/m0/s1. The summed E-state index contributed by atoms with van der Waals surface area (Å²) < 4.78 is 14.3. The molecule has 2 fully saturated rings. The van der Waals surface area contributed by atoms with E-state index in [1.54, 1.807) is 25.3 Å². The molecule has 0 radical (unpaired) electrons. The van der Waals surface area contributed by atoms with Crippen molar-refractivity contribution in [1.29, 1.82) is 0 Å². The molecule has 6 heterocycles. The number of thiazole rings is 1. The molecule has 3 aliphatic rings. The van der Waals surface area contributed by atoms with Crippen LogP contribution in [0.1, 0.15) is 90.6 Å². The molecule has 0 spiro atoms. The lowest BCUT2D eigenvalue weighted by molar-refractivity contribution is -0.155. The van der Waals surface area contributed by atoms with E-state index in [1.165, 1.54) is 21.2 Å². The number of carbonyl (C=O) groups excluding carboxylic acids is 4. The second-order valence-corrected chi connectivity index (χ2v) is 20.1. The molecule has 3 aliphatic heterocycles. The molecule has 346 valence electrons. The van der Waals surface area contributed by atoms with Gasteiger partial charge in [-0.15, -0.1) is 11.3 Å². The third-order valence-corrected chi connectivity index (χ3v) is 14.2. The molecular formula is C48H67N9O6S. The third kappa shape index (κ3) is 9.56. The molecule has 6 bridgehead atoms. The summed E-state index contributed by atoms with van der Waals surface area (Å²) in [6, 6.07) is 8.20. The number of hydrogen-bond donors (Lipinski definition) is 2. The number of urea groups is 1. The molecule has 16 heteroatoms. The summed E-state index contributed by atoms with van der Waals surface area (Å²) in [4.78, 5) is 72.1. The van der Waals surface area contributed by atoms with E-state index in [2.05, 4.69) is 86.1 Å². The predicted octanol–water partition coefficient (Wildman–Crippen LogP) is 6.30. The summed E-state index contributed by atoms with van der Waals surface area (Å²) in [7, 11) is 5.41. The van der Waals surface area contributed by atoms with Gasteiger partial charge in [0.2, 0.25) is 5.91 Å². The van der Waals surface area contributed by atoms with Gasteiger partial charge in [-0.1, -0.05) is 33.8 Å². The average molecular weight is 898 g/mol. The minimum absolute atomic E-state index is 0.111. The summed E-state index contributed by atoms with van der Waals surface area (Å²) >= 11 is 1.43. The summed E-state index contributed by atoms with van der Waals surface area (Å²) in [5, 5.41) is 8.22. The first-order chi connectivity index (χ1) is 30.4. The average Bonchev–Trinajstić information content (AvgIpc) is 3.85. The number of rotatable bonds is 10. The van der Waals surface area contributed by atoms with E-state index in [0.29, 0.717) is 56.5 Å². The summed E-state index contributed by atoms with van der Waals surface area (Å²) in [5.74, 6) is -1.51.